The van der Waals surface area contributed by atoms with Crippen LogP contribution in [0.4, 0.5) is 0 Å². The maximum atomic E-state index is 13.3. The summed E-state index contributed by atoms with van der Waals surface area (Å²) in [6.07, 6.45) is 1.60. The molecule has 0 unspecified atom stereocenters. The fourth-order valence-corrected chi connectivity index (χ4v) is 4.70. The summed E-state index contributed by atoms with van der Waals surface area (Å²) < 4.78 is 5.37. The highest BCUT2D eigenvalue weighted by Gasteiger charge is 2.33. The second-order valence-electron chi connectivity index (χ2n) is 7.44. The third-order valence-corrected chi connectivity index (χ3v) is 6.37. The van der Waals surface area contributed by atoms with Gasteiger partial charge in [0.15, 0.2) is 0 Å². The van der Waals surface area contributed by atoms with Crippen molar-refractivity contribution in [3.63, 3.8) is 0 Å². The topological polar surface area (TPSA) is 49.9 Å². The van der Waals surface area contributed by atoms with Gasteiger partial charge in [0, 0.05) is 38.1 Å². The molecule has 6 heteroatoms. The third kappa shape index (κ3) is 5.25. The lowest BCUT2D eigenvalue weighted by atomic mass is 9.92. The summed E-state index contributed by atoms with van der Waals surface area (Å²) in [6, 6.07) is 10.4. The van der Waals surface area contributed by atoms with E-state index in [-0.39, 0.29) is 24.4 Å². The summed E-state index contributed by atoms with van der Waals surface area (Å²) in [4.78, 5) is 30.3. The first-order valence-corrected chi connectivity index (χ1v) is 11.1. The van der Waals surface area contributed by atoms with E-state index in [1.807, 2.05) is 11.8 Å². The first kappa shape index (κ1) is 21.5. The minimum absolute atomic E-state index is 0.000894. The second-order valence-corrected chi connectivity index (χ2v) is 8.44. The SMILES string of the molecule is CCOCCCN(CC(=O)N1CCc2sccc2[C@H]1c1ccc(C)cc1)C(C)=O. The Morgan fingerprint density at radius 1 is 1.24 bits per heavy atom. The molecule has 0 radical (unpaired) electrons. The van der Waals surface area contributed by atoms with E-state index in [0.717, 1.165) is 18.4 Å². The Kier molecular flexibility index (Phi) is 7.45. The molecule has 1 aliphatic rings. The molecule has 5 nitrogen and oxygen atoms in total. The highest BCUT2D eigenvalue weighted by molar-refractivity contribution is 7.10. The molecule has 2 heterocycles. The largest absolute Gasteiger partial charge is 0.382 e. The van der Waals surface area contributed by atoms with Crippen LogP contribution in [-0.2, 0) is 20.7 Å². The highest BCUT2D eigenvalue weighted by atomic mass is 32.1. The van der Waals surface area contributed by atoms with E-state index in [2.05, 4.69) is 42.6 Å². The number of aryl methyl sites for hydroxylation is 1. The van der Waals surface area contributed by atoms with Gasteiger partial charge >= 0.3 is 0 Å². The molecule has 0 spiro atoms. The number of nitrogens with zero attached hydrogens (tertiary/aromatic N) is 2. The van der Waals surface area contributed by atoms with Crippen molar-refractivity contribution in [1.82, 2.24) is 9.80 Å². The summed E-state index contributed by atoms with van der Waals surface area (Å²) >= 11 is 1.76. The Morgan fingerprint density at radius 3 is 2.69 bits per heavy atom. The van der Waals surface area contributed by atoms with Crippen LogP contribution < -0.4 is 0 Å². The van der Waals surface area contributed by atoms with Crippen LogP contribution in [0.15, 0.2) is 35.7 Å². The zero-order chi connectivity index (χ0) is 20.8. The first-order valence-electron chi connectivity index (χ1n) is 10.3. The van der Waals surface area contributed by atoms with Crippen molar-refractivity contribution in [3.05, 3.63) is 57.3 Å². The quantitative estimate of drug-likeness (QED) is 0.617. The van der Waals surface area contributed by atoms with Crippen molar-refractivity contribution in [2.75, 3.05) is 32.8 Å². The van der Waals surface area contributed by atoms with E-state index in [0.29, 0.717) is 26.3 Å². The average Bonchev–Trinajstić information content (AvgIpc) is 3.19. The van der Waals surface area contributed by atoms with Crippen LogP contribution in [0.2, 0.25) is 0 Å². The van der Waals surface area contributed by atoms with Gasteiger partial charge in [-0.1, -0.05) is 29.8 Å². The molecule has 0 aliphatic carbocycles. The van der Waals surface area contributed by atoms with Gasteiger partial charge < -0.3 is 14.5 Å². The molecule has 0 N–H and O–H groups in total. The molecule has 0 saturated carbocycles. The molecule has 1 aromatic carbocycles. The van der Waals surface area contributed by atoms with Crippen LogP contribution in [0.1, 0.15) is 47.9 Å². The third-order valence-electron chi connectivity index (χ3n) is 5.37. The molecular formula is C23H30N2O3S. The Labute approximate surface area is 177 Å². The van der Waals surface area contributed by atoms with Crippen molar-refractivity contribution in [2.24, 2.45) is 0 Å². The first-order chi connectivity index (χ1) is 14.0. The number of thiophene rings is 1. The summed E-state index contributed by atoms with van der Waals surface area (Å²) in [5.41, 5.74) is 3.53. The Hall–Kier alpha value is -2.18. The van der Waals surface area contributed by atoms with Crippen LogP contribution in [0, 0.1) is 6.92 Å². The lowest BCUT2D eigenvalue weighted by molar-refractivity contribution is -0.140. The fourth-order valence-electron chi connectivity index (χ4n) is 3.80. The number of fused-ring (bicyclic) bond motifs is 1. The van der Waals surface area contributed by atoms with Gasteiger partial charge in [-0.05, 0) is 49.3 Å². The summed E-state index contributed by atoms with van der Waals surface area (Å²) in [5.74, 6) is -0.0750. The summed E-state index contributed by atoms with van der Waals surface area (Å²) in [7, 11) is 0. The van der Waals surface area contributed by atoms with Crippen molar-refractivity contribution in [1.29, 1.82) is 0 Å². The molecule has 2 amide bonds. The number of amides is 2. The van der Waals surface area contributed by atoms with Crippen LogP contribution in [0.3, 0.4) is 0 Å². The standard InChI is InChI=1S/C23H30N2O3S/c1-4-28-14-5-12-24(18(3)26)16-22(27)25-13-10-21-20(11-15-29-21)23(25)19-8-6-17(2)7-9-19/h6-9,11,15,23H,4-5,10,12-14,16H2,1-3H3/t23-/m1/s1. The molecule has 0 saturated heterocycles. The van der Waals surface area contributed by atoms with Gasteiger partial charge in [-0.2, -0.15) is 0 Å². The molecule has 29 heavy (non-hydrogen) atoms. The summed E-state index contributed by atoms with van der Waals surface area (Å²) in [6.45, 7) is 8.13. The minimum atomic E-state index is -0.0877. The lowest BCUT2D eigenvalue weighted by Gasteiger charge is -2.37. The van der Waals surface area contributed by atoms with Crippen molar-refractivity contribution in [2.45, 2.75) is 39.7 Å². The number of carbonyl (C=O) groups is 2. The maximum Gasteiger partial charge on any atom is 0.242 e. The molecule has 2 aromatic rings. The zero-order valence-corrected chi connectivity index (χ0v) is 18.3. The minimum Gasteiger partial charge on any atom is -0.382 e. The monoisotopic (exact) mass is 414 g/mol. The molecule has 1 aliphatic heterocycles. The van der Waals surface area contributed by atoms with E-state index in [4.69, 9.17) is 4.74 Å². The molecule has 1 aromatic heterocycles. The van der Waals surface area contributed by atoms with E-state index in [1.54, 1.807) is 16.2 Å². The van der Waals surface area contributed by atoms with E-state index >= 15 is 0 Å². The number of hydrogen-bond donors (Lipinski definition) is 0. The van der Waals surface area contributed by atoms with Gasteiger partial charge in [-0.15, -0.1) is 11.3 Å². The van der Waals surface area contributed by atoms with Gasteiger partial charge in [0.1, 0.15) is 0 Å². The van der Waals surface area contributed by atoms with E-state index in [9.17, 15) is 9.59 Å². The van der Waals surface area contributed by atoms with Crippen molar-refractivity contribution < 1.29 is 14.3 Å². The molecular weight excluding hydrogens is 384 g/mol. The number of ether oxygens (including phenoxy) is 1. The van der Waals surface area contributed by atoms with Gasteiger partial charge in [0.25, 0.3) is 0 Å². The van der Waals surface area contributed by atoms with E-state index < -0.39 is 0 Å². The molecule has 156 valence electrons. The second kappa shape index (κ2) is 10.0. The fraction of sp³-hybridized carbons (Fsp3) is 0.478. The van der Waals surface area contributed by atoms with Gasteiger partial charge in [-0.3, -0.25) is 9.59 Å². The molecule has 3 rings (SSSR count). The number of benzene rings is 1. The van der Waals surface area contributed by atoms with Gasteiger partial charge in [-0.25, -0.2) is 0 Å². The smallest absolute Gasteiger partial charge is 0.242 e. The molecule has 0 fully saturated rings. The van der Waals surface area contributed by atoms with Crippen LogP contribution in [-0.4, -0.2) is 54.5 Å². The Balaban J connectivity index is 1.78. The average molecular weight is 415 g/mol. The molecule has 1 atom stereocenters. The van der Waals surface area contributed by atoms with Crippen LogP contribution in [0.25, 0.3) is 0 Å². The van der Waals surface area contributed by atoms with Gasteiger partial charge in [0.05, 0.1) is 12.6 Å². The van der Waals surface area contributed by atoms with Crippen molar-refractivity contribution >= 4 is 23.2 Å². The van der Waals surface area contributed by atoms with E-state index in [1.165, 1.54) is 22.9 Å². The highest BCUT2D eigenvalue weighted by Crippen LogP contribution is 2.37. The predicted molar refractivity (Wildman–Crippen MR) is 116 cm³/mol. The van der Waals surface area contributed by atoms with Crippen LogP contribution >= 0.6 is 11.3 Å². The van der Waals surface area contributed by atoms with Crippen LogP contribution in [0.5, 0.6) is 0 Å². The Morgan fingerprint density at radius 2 is 2.00 bits per heavy atom. The number of carbonyl (C=O) groups excluding carboxylic acids is 2. The Bertz CT molecular complexity index is 831. The summed E-state index contributed by atoms with van der Waals surface area (Å²) in [5, 5.41) is 2.11. The lowest BCUT2D eigenvalue weighted by Crippen LogP contribution is -2.46. The predicted octanol–water partition coefficient (Wildman–Crippen LogP) is 3.81. The normalized spacial score (nSPS) is 15.8. The van der Waals surface area contributed by atoms with Gasteiger partial charge in [0.2, 0.25) is 11.8 Å². The zero-order valence-electron chi connectivity index (χ0n) is 17.5. The molecule has 0 bridgehead atoms. The maximum absolute atomic E-state index is 13.3. The van der Waals surface area contributed by atoms with Crippen molar-refractivity contribution in [3.8, 4) is 0 Å². The number of rotatable bonds is 8. The number of hydrogen-bond acceptors (Lipinski definition) is 4.